The lowest BCUT2D eigenvalue weighted by molar-refractivity contribution is -0.0858. The molecule has 0 saturated heterocycles. The number of hydrogen-bond acceptors (Lipinski definition) is 6. The van der Waals surface area contributed by atoms with Gasteiger partial charge in [-0.15, -0.1) is 0 Å². The van der Waals surface area contributed by atoms with Crippen molar-refractivity contribution in [2.24, 2.45) is 27.8 Å². The molecule has 3 N–H and O–H groups in total. The maximum absolute atomic E-state index is 14.6. The van der Waals surface area contributed by atoms with E-state index in [-0.39, 0.29) is 49.4 Å². The van der Waals surface area contributed by atoms with Crippen molar-refractivity contribution in [3.05, 3.63) is 52.3 Å². The van der Waals surface area contributed by atoms with Gasteiger partial charge in [0.2, 0.25) is 5.92 Å². The molecule has 1 heterocycles. The average molecular weight is 586 g/mol. The van der Waals surface area contributed by atoms with E-state index < -0.39 is 41.8 Å². The van der Waals surface area contributed by atoms with Crippen LogP contribution in [-0.2, 0) is 0 Å². The van der Waals surface area contributed by atoms with Gasteiger partial charge in [0.1, 0.15) is 5.82 Å². The fraction of sp³-hybridized carbons (Fsp3) is 0.500. The second-order valence-electron chi connectivity index (χ2n) is 10.1. The highest BCUT2D eigenvalue weighted by molar-refractivity contribution is 6.31. The van der Waals surface area contributed by atoms with Gasteiger partial charge < -0.3 is 10.7 Å². The van der Waals surface area contributed by atoms with Crippen molar-refractivity contribution in [3.63, 3.8) is 0 Å². The van der Waals surface area contributed by atoms with E-state index in [9.17, 15) is 26.7 Å². The van der Waals surface area contributed by atoms with Crippen molar-refractivity contribution in [1.82, 2.24) is 5.32 Å². The normalized spacial score (nSPS) is 27.4. The van der Waals surface area contributed by atoms with Gasteiger partial charge in [0.15, 0.2) is 5.78 Å². The number of Topliss-reactive ketones (excluding diaryl/α,β-unsaturated/α-hetero) is 1. The highest BCUT2D eigenvalue weighted by Gasteiger charge is 2.41. The molecule has 0 bridgehead atoms. The van der Waals surface area contributed by atoms with Crippen LogP contribution in [-0.4, -0.2) is 43.1 Å². The van der Waals surface area contributed by atoms with Crippen LogP contribution < -0.4 is 10.7 Å². The molecule has 1 aromatic carbocycles. The molecule has 218 valence electrons. The lowest BCUT2D eigenvalue weighted by atomic mass is 9.71. The summed E-state index contributed by atoms with van der Waals surface area (Å²) in [5.74, 6) is -4.82. The summed E-state index contributed by atoms with van der Waals surface area (Å²) >= 11 is 6.20. The van der Waals surface area contributed by atoms with Crippen LogP contribution in [0, 0.1) is 23.2 Å². The highest BCUT2D eigenvalue weighted by Crippen LogP contribution is 2.41. The molecule has 1 fully saturated rings. The molecule has 3 atom stereocenters. The minimum absolute atomic E-state index is 0.0666. The van der Waals surface area contributed by atoms with E-state index in [4.69, 9.17) is 17.0 Å². The van der Waals surface area contributed by atoms with Gasteiger partial charge in [-0.25, -0.2) is 13.8 Å². The molecule has 0 spiro atoms. The molecule has 1 aromatic rings. The van der Waals surface area contributed by atoms with Crippen molar-refractivity contribution >= 4 is 41.7 Å². The number of nitrogens with one attached hydrogen (secondary N) is 3. The molecular formula is C28H33ClF5N5O. The maximum atomic E-state index is 14.6. The first kappa shape index (κ1) is 31.4. The zero-order valence-corrected chi connectivity index (χ0v) is 22.8. The molecule has 2 aliphatic rings. The average Bonchev–Trinajstić information content (AvgIpc) is 2.99. The van der Waals surface area contributed by atoms with Crippen molar-refractivity contribution in [2.45, 2.75) is 64.0 Å². The molecule has 40 heavy (non-hydrogen) atoms. The Balaban J connectivity index is 1.91. The van der Waals surface area contributed by atoms with E-state index in [0.29, 0.717) is 23.6 Å². The minimum Gasteiger partial charge on any atom is -0.370 e. The van der Waals surface area contributed by atoms with Crippen LogP contribution in [0.3, 0.4) is 0 Å². The Labute approximate surface area is 235 Å². The highest BCUT2D eigenvalue weighted by atomic mass is 35.5. The summed E-state index contributed by atoms with van der Waals surface area (Å²) in [6.45, 7) is 1.74. The Bertz CT molecular complexity index is 1180. The second kappa shape index (κ2) is 14.0. The van der Waals surface area contributed by atoms with Crippen molar-refractivity contribution in [1.29, 1.82) is 5.41 Å². The van der Waals surface area contributed by atoms with Gasteiger partial charge in [-0.3, -0.25) is 10.2 Å². The monoisotopic (exact) mass is 585 g/mol. The van der Waals surface area contributed by atoms with Gasteiger partial charge in [0, 0.05) is 48.3 Å². The lowest BCUT2D eigenvalue weighted by Gasteiger charge is -2.36. The first-order valence-electron chi connectivity index (χ1n) is 13.2. The number of hydrazone groups is 1. The smallest absolute Gasteiger partial charge is 0.370 e. The number of aliphatic imine (C=N–C) groups is 1. The maximum Gasteiger partial charge on any atom is 0.417 e. The summed E-state index contributed by atoms with van der Waals surface area (Å²) in [6.07, 6.45) is 1.96. The number of rotatable bonds is 8. The molecule has 2 unspecified atom stereocenters. The van der Waals surface area contributed by atoms with Crippen molar-refractivity contribution in [3.8, 4) is 0 Å². The quantitative estimate of drug-likeness (QED) is 0.126. The largest absolute Gasteiger partial charge is 0.417 e. The van der Waals surface area contributed by atoms with Crippen LogP contribution >= 0.6 is 11.6 Å². The van der Waals surface area contributed by atoms with Gasteiger partial charge >= 0.3 is 6.18 Å². The van der Waals surface area contributed by atoms with Crippen LogP contribution in [0.25, 0.3) is 0 Å². The van der Waals surface area contributed by atoms with E-state index in [0.717, 1.165) is 18.5 Å². The van der Waals surface area contributed by atoms with E-state index >= 15 is 0 Å². The number of ketones is 1. The predicted octanol–water partition coefficient (Wildman–Crippen LogP) is 7.82. The van der Waals surface area contributed by atoms with E-state index in [1.807, 2.05) is 0 Å². The number of alkyl halides is 5. The molecule has 1 saturated carbocycles. The molecule has 0 radical (unpaired) electrons. The topological polar surface area (TPSA) is 89.7 Å². The summed E-state index contributed by atoms with van der Waals surface area (Å²) < 4.78 is 69.1. The summed E-state index contributed by atoms with van der Waals surface area (Å²) in [6, 6.07) is 4.64. The standard InChI is InChI=1S/C28H33ClF5N5O/c1-18-15-27(30,31)11-5-7-21(26(40)22-14-20(29)9-10-24(22)39-38-13-12-35)23(18)17-37-25-8-4-2-3-6-19(16-36-25)28(32,33)34/h6,8-10,12-14,16,18,21,23,35,37,39H,2-5,7,11,15,17H2,1H3/b19-6-,25-8+,35-12?,36-16-,38-13-/t18-,21?,23?/m1/s1. The SMILES string of the molecule is C[C@@H]1CC(F)(F)CCCC(C(=O)c2cc(Cl)ccc2N/N=C\C=N)C1CNC1=C/CCC/C=C(C(F)(F)F)/C=N\1. The zero-order valence-electron chi connectivity index (χ0n) is 22.1. The van der Waals surface area contributed by atoms with Crippen LogP contribution in [0.1, 0.15) is 62.2 Å². The lowest BCUT2D eigenvalue weighted by Crippen LogP contribution is -2.40. The molecule has 0 amide bonds. The van der Waals surface area contributed by atoms with E-state index in [1.54, 1.807) is 25.1 Å². The zero-order chi connectivity index (χ0) is 29.3. The molecule has 3 rings (SSSR count). The Morgan fingerprint density at radius 1 is 1.25 bits per heavy atom. The molecular weight excluding hydrogens is 553 g/mol. The summed E-state index contributed by atoms with van der Waals surface area (Å²) in [7, 11) is 0. The van der Waals surface area contributed by atoms with Crippen molar-refractivity contribution < 1.29 is 26.7 Å². The Hall–Kier alpha value is -3.08. The van der Waals surface area contributed by atoms with E-state index in [2.05, 4.69) is 20.8 Å². The molecule has 6 nitrogen and oxygen atoms in total. The molecule has 1 aliphatic carbocycles. The second-order valence-corrected chi connectivity index (χ2v) is 10.6. The number of nitrogens with zero attached hydrogens (tertiary/aromatic N) is 2. The number of carbonyl (C=O) groups is 1. The molecule has 0 aromatic heterocycles. The number of allylic oxidation sites excluding steroid dienone is 3. The fourth-order valence-electron chi connectivity index (χ4n) is 5.13. The van der Waals surface area contributed by atoms with Gasteiger partial charge in [0.05, 0.1) is 17.5 Å². The Morgan fingerprint density at radius 2 is 2.00 bits per heavy atom. The third-order valence-electron chi connectivity index (χ3n) is 7.14. The number of hydrogen-bond donors (Lipinski definition) is 3. The number of anilines is 1. The first-order valence-corrected chi connectivity index (χ1v) is 13.5. The third-order valence-corrected chi connectivity index (χ3v) is 7.38. The Morgan fingerprint density at radius 3 is 2.73 bits per heavy atom. The first-order chi connectivity index (χ1) is 18.9. The minimum atomic E-state index is -4.54. The molecule has 12 heteroatoms. The fourth-order valence-corrected chi connectivity index (χ4v) is 5.31. The summed E-state index contributed by atoms with van der Waals surface area (Å²) in [5, 5.41) is 14.3. The van der Waals surface area contributed by atoms with Crippen molar-refractivity contribution in [2.75, 3.05) is 12.0 Å². The van der Waals surface area contributed by atoms with Crippen LogP contribution in [0.2, 0.25) is 5.02 Å². The number of benzene rings is 1. The number of carbonyl (C=O) groups excluding carboxylic acids is 1. The van der Waals surface area contributed by atoms with Gasteiger partial charge in [-0.1, -0.05) is 24.6 Å². The van der Waals surface area contributed by atoms with Gasteiger partial charge in [0.25, 0.3) is 0 Å². The van der Waals surface area contributed by atoms with Crippen LogP contribution in [0.4, 0.5) is 27.6 Å². The van der Waals surface area contributed by atoms with Gasteiger partial charge in [-0.2, -0.15) is 18.3 Å². The van der Waals surface area contributed by atoms with Crippen LogP contribution in [0.15, 0.2) is 51.8 Å². The van der Waals surface area contributed by atoms with Gasteiger partial charge in [-0.05, 0) is 68.2 Å². The Kier molecular flexibility index (Phi) is 11.0. The number of halogens is 6. The molecule has 1 aliphatic heterocycles. The summed E-state index contributed by atoms with van der Waals surface area (Å²) in [5.41, 5.74) is 2.47. The van der Waals surface area contributed by atoms with E-state index in [1.165, 1.54) is 12.3 Å². The van der Waals surface area contributed by atoms with Crippen LogP contribution in [0.5, 0.6) is 0 Å². The third kappa shape index (κ3) is 8.97. The predicted molar refractivity (Wildman–Crippen MR) is 149 cm³/mol. The summed E-state index contributed by atoms with van der Waals surface area (Å²) in [4.78, 5) is 18.0.